The molecule has 1 heterocycles. The zero-order chi connectivity index (χ0) is 25.7. The maximum atomic E-state index is 14.7. The predicted octanol–water partition coefficient (Wildman–Crippen LogP) is 4.32. The van der Waals surface area contributed by atoms with Gasteiger partial charge in [-0.15, -0.1) is 0 Å². The molecular weight excluding hydrogens is 449 g/mol. The monoisotopic (exact) mass is 485 g/mol. The number of alkyl halides is 1. The van der Waals surface area contributed by atoms with Gasteiger partial charge < -0.3 is 30.0 Å². The number of rotatable bonds is 8. The largest absolute Gasteiger partial charge is 0.494 e. The van der Waals surface area contributed by atoms with Gasteiger partial charge >= 0.3 is 0 Å². The number of fused-ring (bicyclic) bond motifs is 1. The van der Waals surface area contributed by atoms with Crippen molar-refractivity contribution in [2.45, 2.75) is 33.4 Å². The molecule has 0 aliphatic heterocycles. The predicted molar refractivity (Wildman–Crippen MR) is 142 cm³/mol. The van der Waals surface area contributed by atoms with Gasteiger partial charge in [0.25, 0.3) is 0 Å². The molecule has 9 nitrogen and oxygen atoms in total. The van der Waals surface area contributed by atoms with Crippen molar-refractivity contribution in [2.24, 2.45) is 9.98 Å². The fourth-order valence-electron chi connectivity index (χ4n) is 3.80. The van der Waals surface area contributed by atoms with E-state index >= 15 is 0 Å². The summed E-state index contributed by atoms with van der Waals surface area (Å²) in [4.78, 5) is 17.5. The SMILES string of the molecule is CCN=C(N=C(C)C1=Cc2oc(C)nc2C(F)C1)Nc1cc(N)c(N(C)CCN(C)C)cc1OC. The summed E-state index contributed by atoms with van der Waals surface area (Å²) < 4.78 is 25.9. The Morgan fingerprint density at radius 2 is 2.06 bits per heavy atom. The molecule has 35 heavy (non-hydrogen) atoms. The normalized spacial score (nSPS) is 16.3. The Morgan fingerprint density at radius 3 is 2.71 bits per heavy atom. The van der Waals surface area contributed by atoms with Crippen LogP contribution in [-0.2, 0) is 0 Å². The van der Waals surface area contributed by atoms with Crippen LogP contribution in [0.15, 0.2) is 32.1 Å². The van der Waals surface area contributed by atoms with Crippen molar-refractivity contribution >= 4 is 34.8 Å². The standard InChI is InChI=1S/C25H36FN7O2/c1-8-28-25(29-15(2)17-11-18(26)24-23(12-17)35-16(3)30-24)31-20-13-19(27)21(14-22(20)34-7)33(6)10-9-32(4)5/h12-14,18H,8-11,27H2,1-7H3,(H,28,31). The fraction of sp³-hybridized carbons (Fsp3) is 0.480. The van der Waals surface area contributed by atoms with Crippen molar-refractivity contribution < 1.29 is 13.5 Å². The molecule has 1 atom stereocenters. The Bertz CT molecular complexity index is 1140. The third-order valence-electron chi connectivity index (χ3n) is 5.72. The Balaban J connectivity index is 1.87. The van der Waals surface area contributed by atoms with E-state index in [-0.39, 0.29) is 6.42 Å². The summed E-state index contributed by atoms with van der Waals surface area (Å²) >= 11 is 0. The van der Waals surface area contributed by atoms with E-state index in [1.807, 2.05) is 47.1 Å². The summed E-state index contributed by atoms with van der Waals surface area (Å²) in [5, 5.41) is 3.24. The van der Waals surface area contributed by atoms with E-state index in [1.165, 1.54) is 0 Å². The van der Waals surface area contributed by atoms with Gasteiger partial charge in [-0.1, -0.05) is 0 Å². The quantitative estimate of drug-likeness (QED) is 0.326. The van der Waals surface area contributed by atoms with E-state index in [2.05, 4.69) is 30.1 Å². The Labute approximate surface area is 206 Å². The molecular formula is C25H36FN7O2. The van der Waals surface area contributed by atoms with Crippen LogP contribution in [-0.4, -0.2) is 69.4 Å². The number of benzene rings is 1. The minimum absolute atomic E-state index is 0.179. The molecule has 2 aromatic rings. The van der Waals surface area contributed by atoms with E-state index in [0.717, 1.165) is 24.4 Å². The number of nitrogens with two attached hydrogens (primary N) is 1. The second-order valence-corrected chi connectivity index (χ2v) is 8.78. The van der Waals surface area contributed by atoms with E-state index in [1.54, 1.807) is 20.1 Å². The number of anilines is 3. The second kappa shape index (κ2) is 11.4. The number of aromatic nitrogens is 1. The third kappa shape index (κ3) is 6.39. The maximum Gasteiger partial charge on any atom is 0.222 e. The van der Waals surface area contributed by atoms with Gasteiger partial charge in [0.2, 0.25) is 5.96 Å². The van der Waals surface area contributed by atoms with Crippen molar-refractivity contribution in [3.8, 4) is 5.75 Å². The molecule has 0 saturated carbocycles. The van der Waals surface area contributed by atoms with E-state index in [9.17, 15) is 4.39 Å². The molecule has 190 valence electrons. The number of likely N-dealkylation sites (N-methyl/N-ethyl adjacent to an activating group) is 2. The van der Waals surface area contributed by atoms with Crippen molar-refractivity contribution in [2.75, 3.05) is 63.8 Å². The van der Waals surface area contributed by atoms with Gasteiger partial charge in [0.15, 0.2) is 11.7 Å². The number of allylic oxidation sites excluding steroid dienone is 1. The summed E-state index contributed by atoms with van der Waals surface area (Å²) in [6.45, 7) is 7.68. The lowest BCUT2D eigenvalue weighted by Crippen LogP contribution is -2.29. The highest BCUT2D eigenvalue weighted by Crippen LogP contribution is 2.36. The number of hydrogen-bond donors (Lipinski definition) is 2. The van der Waals surface area contributed by atoms with Gasteiger partial charge in [-0.3, -0.25) is 4.99 Å². The first-order chi connectivity index (χ1) is 16.6. The number of methoxy groups -OCH3 is 1. The average molecular weight is 486 g/mol. The Hall–Kier alpha value is -3.40. The number of aryl methyl sites for hydroxylation is 1. The molecule has 3 N–H and O–H groups in total. The van der Waals surface area contributed by atoms with Crippen molar-refractivity contribution in [3.63, 3.8) is 0 Å². The number of ether oxygens (including phenoxy) is 1. The molecule has 0 radical (unpaired) electrons. The van der Waals surface area contributed by atoms with Crippen LogP contribution in [0.5, 0.6) is 5.75 Å². The molecule has 1 aromatic carbocycles. The van der Waals surface area contributed by atoms with Gasteiger partial charge in [0, 0.05) is 51.8 Å². The third-order valence-corrected chi connectivity index (χ3v) is 5.72. The van der Waals surface area contributed by atoms with E-state index in [0.29, 0.717) is 52.7 Å². The molecule has 0 fully saturated rings. The minimum Gasteiger partial charge on any atom is -0.494 e. The number of halogens is 1. The van der Waals surface area contributed by atoms with Crippen LogP contribution in [0.2, 0.25) is 0 Å². The first kappa shape index (κ1) is 26.2. The molecule has 0 saturated heterocycles. The van der Waals surface area contributed by atoms with Gasteiger partial charge in [0.1, 0.15) is 17.6 Å². The lowest BCUT2D eigenvalue weighted by Gasteiger charge is -2.24. The van der Waals surface area contributed by atoms with Crippen LogP contribution in [0.1, 0.15) is 43.8 Å². The summed E-state index contributed by atoms with van der Waals surface area (Å²) in [7, 11) is 7.67. The van der Waals surface area contributed by atoms with Gasteiger partial charge in [-0.05, 0) is 45.7 Å². The highest BCUT2D eigenvalue weighted by atomic mass is 19.1. The van der Waals surface area contributed by atoms with Crippen LogP contribution < -0.4 is 20.7 Å². The van der Waals surface area contributed by atoms with Crippen molar-refractivity contribution in [3.05, 3.63) is 35.1 Å². The summed E-state index contributed by atoms with van der Waals surface area (Å²) in [5.41, 5.74) is 10.2. The minimum atomic E-state index is -1.23. The average Bonchev–Trinajstić information content (AvgIpc) is 3.18. The molecule has 0 spiro atoms. The van der Waals surface area contributed by atoms with Gasteiger partial charge in [-0.25, -0.2) is 14.4 Å². The van der Waals surface area contributed by atoms with Crippen molar-refractivity contribution in [1.82, 2.24) is 9.88 Å². The van der Waals surface area contributed by atoms with E-state index < -0.39 is 6.17 Å². The first-order valence-electron chi connectivity index (χ1n) is 11.6. The number of aliphatic imine (C=N–C) groups is 2. The Morgan fingerprint density at radius 1 is 1.31 bits per heavy atom. The lowest BCUT2D eigenvalue weighted by molar-refractivity contribution is 0.332. The number of nitrogens with zero attached hydrogens (tertiary/aromatic N) is 5. The molecule has 1 aliphatic carbocycles. The molecule has 10 heteroatoms. The van der Waals surface area contributed by atoms with E-state index in [4.69, 9.17) is 14.9 Å². The summed E-state index contributed by atoms with van der Waals surface area (Å²) in [5.74, 6) is 1.88. The molecule has 3 rings (SSSR count). The van der Waals surface area contributed by atoms with Crippen LogP contribution in [0.4, 0.5) is 21.5 Å². The van der Waals surface area contributed by atoms with Gasteiger partial charge in [0.05, 0.1) is 24.2 Å². The fourth-order valence-corrected chi connectivity index (χ4v) is 3.80. The lowest BCUT2D eigenvalue weighted by atomic mass is 9.96. The molecule has 0 amide bonds. The number of guanidine groups is 1. The molecule has 1 aromatic heterocycles. The number of hydrogen-bond acceptors (Lipinski definition) is 7. The van der Waals surface area contributed by atoms with Crippen LogP contribution in [0.3, 0.4) is 0 Å². The number of nitrogens with one attached hydrogen (secondary N) is 1. The van der Waals surface area contributed by atoms with Crippen LogP contribution >= 0.6 is 0 Å². The molecule has 0 bridgehead atoms. The Kier molecular flexibility index (Phi) is 8.50. The summed E-state index contributed by atoms with van der Waals surface area (Å²) in [6.07, 6.45) is 0.743. The maximum absolute atomic E-state index is 14.7. The van der Waals surface area contributed by atoms with Crippen molar-refractivity contribution in [1.29, 1.82) is 0 Å². The van der Waals surface area contributed by atoms with Crippen LogP contribution in [0, 0.1) is 6.92 Å². The zero-order valence-corrected chi connectivity index (χ0v) is 21.6. The zero-order valence-electron chi connectivity index (χ0n) is 21.6. The number of nitrogen functional groups attached to an aromatic ring is 1. The first-order valence-corrected chi connectivity index (χ1v) is 11.6. The summed E-state index contributed by atoms with van der Waals surface area (Å²) in [6, 6.07) is 3.72. The number of oxazole rings is 1. The topological polar surface area (TPSA) is 105 Å². The molecule has 1 unspecified atom stereocenters. The highest BCUT2D eigenvalue weighted by Gasteiger charge is 2.27. The van der Waals surface area contributed by atoms with Crippen LogP contribution in [0.25, 0.3) is 6.08 Å². The smallest absolute Gasteiger partial charge is 0.222 e. The highest BCUT2D eigenvalue weighted by molar-refractivity contribution is 6.11. The second-order valence-electron chi connectivity index (χ2n) is 8.78. The van der Waals surface area contributed by atoms with Gasteiger partial charge in [-0.2, -0.15) is 0 Å². The molecule has 1 aliphatic rings.